The molecule has 1 aliphatic carbocycles. The van der Waals surface area contributed by atoms with Gasteiger partial charge in [-0.2, -0.15) is 0 Å². The van der Waals surface area contributed by atoms with Gasteiger partial charge >= 0.3 is 5.97 Å². The van der Waals surface area contributed by atoms with Crippen LogP contribution in [0.4, 0.5) is 5.13 Å². The number of anilines is 1. The van der Waals surface area contributed by atoms with Crippen LogP contribution in [0.3, 0.4) is 0 Å². The lowest BCUT2D eigenvalue weighted by atomic mass is 10.0. The van der Waals surface area contributed by atoms with Gasteiger partial charge in [-0.15, -0.1) is 0 Å². The molecule has 1 atom stereocenters. The molecule has 5 heteroatoms. The Hall–Kier alpha value is -1.10. The molecule has 1 aliphatic rings. The predicted molar refractivity (Wildman–Crippen MR) is 83.1 cm³/mol. The van der Waals surface area contributed by atoms with Crippen molar-refractivity contribution < 1.29 is 9.90 Å². The highest BCUT2D eigenvalue weighted by atomic mass is 32.1. The molecule has 0 amide bonds. The lowest BCUT2D eigenvalue weighted by Crippen LogP contribution is -2.26. The van der Waals surface area contributed by atoms with E-state index in [1.807, 2.05) is 0 Å². The third-order valence-electron chi connectivity index (χ3n) is 3.90. The molecule has 1 unspecified atom stereocenters. The largest absolute Gasteiger partial charge is 0.477 e. The molecule has 1 aromatic rings. The Labute approximate surface area is 124 Å². The zero-order valence-electron chi connectivity index (χ0n) is 12.6. The second-order valence-corrected chi connectivity index (χ2v) is 6.58. The Morgan fingerprint density at radius 1 is 1.50 bits per heavy atom. The molecule has 2 rings (SSSR count). The van der Waals surface area contributed by atoms with Gasteiger partial charge in [0.15, 0.2) is 5.13 Å². The summed E-state index contributed by atoms with van der Waals surface area (Å²) < 4.78 is 0. The summed E-state index contributed by atoms with van der Waals surface area (Å²) >= 11 is 1.35. The van der Waals surface area contributed by atoms with Crippen LogP contribution in [0, 0.1) is 0 Å². The van der Waals surface area contributed by atoms with Crippen molar-refractivity contribution >= 4 is 22.4 Å². The number of hydrogen-bond donors (Lipinski definition) is 1. The highest BCUT2D eigenvalue weighted by Gasteiger charge is 2.32. The molecule has 1 saturated carbocycles. The van der Waals surface area contributed by atoms with Crippen molar-refractivity contribution in [2.24, 2.45) is 0 Å². The fraction of sp³-hybridized carbons (Fsp3) is 0.733. The van der Waals surface area contributed by atoms with E-state index < -0.39 is 5.97 Å². The fourth-order valence-corrected chi connectivity index (χ4v) is 3.40. The normalized spacial score (nSPS) is 16.1. The number of aromatic nitrogens is 1. The van der Waals surface area contributed by atoms with Gasteiger partial charge in [-0.05, 0) is 31.6 Å². The molecule has 0 saturated heterocycles. The van der Waals surface area contributed by atoms with Crippen LogP contribution in [-0.4, -0.2) is 28.6 Å². The molecule has 1 heterocycles. The third-order valence-corrected chi connectivity index (χ3v) is 5.00. The molecule has 0 spiro atoms. The number of carboxylic acids is 1. The quantitative estimate of drug-likeness (QED) is 0.784. The van der Waals surface area contributed by atoms with Crippen LogP contribution in [0.1, 0.15) is 74.2 Å². The minimum absolute atomic E-state index is 0.207. The lowest BCUT2D eigenvalue weighted by molar-refractivity contribution is 0.0700. The predicted octanol–water partition coefficient (Wildman–Crippen LogP) is 4.12. The van der Waals surface area contributed by atoms with E-state index in [4.69, 9.17) is 0 Å². The Bertz CT molecular complexity index is 468. The monoisotopic (exact) mass is 296 g/mol. The second-order valence-electron chi connectivity index (χ2n) is 5.60. The van der Waals surface area contributed by atoms with Crippen LogP contribution < -0.4 is 4.90 Å². The van der Waals surface area contributed by atoms with Crippen molar-refractivity contribution in [2.75, 3.05) is 11.4 Å². The number of unbranched alkanes of at least 4 members (excludes halogenated alkanes) is 1. The van der Waals surface area contributed by atoms with Gasteiger partial charge in [0, 0.05) is 12.6 Å². The number of nitrogens with zero attached hydrogens (tertiary/aromatic N) is 2. The summed E-state index contributed by atoms with van der Waals surface area (Å²) in [6.45, 7) is 7.30. The Morgan fingerprint density at radius 2 is 2.20 bits per heavy atom. The first-order valence-electron chi connectivity index (χ1n) is 7.59. The molecule has 0 bridgehead atoms. The molecule has 0 radical (unpaired) electrons. The van der Waals surface area contributed by atoms with E-state index in [2.05, 4.69) is 30.7 Å². The van der Waals surface area contributed by atoms with Gasteiger partial charge in [-0.25, -0.2) is 9.78 Å². The highest BCUT2D eigenvalue weighted by molar-refractivity contribution is 7.17. The first kappa shape index (κ1) is 15.3. The number of rotatable bonds is 8. The third kappa shape index (κ3) is 3.32. The van der Waals surface area contributed by atoms with Crippen LogP contribution in [0.25, 0.3) is 0 Å². The smallest absolute Gasteiger partial charge is 0.347 e. The van der Waals surface area contributed by atoms with Gasteiger partial charge in [-0.3, -0.25) is 0 Å². The van der Waals surface area contributed by atoms with Gasteiger partial charge in [-0.1, -0.05) is 38.5 Å². The van der Waals surface area contributed by atoms with Crippen molar-refractivity contribution in [3.05, 3.63) is 10.6 Å². The maximum atomic E-state index is 11.4. The topological polar surface area (TPSA) is 53.4 Å². The summed E-state index contributed by atoms with van der Waals surface area (Å²) in [6.07, 6.45) is 5.63. The van der Waals surface area contributed by atoms with Crippen molar-refractivity contribution in [1.82, 2.24) is 4.98 Å². The summed E-state index contributed by atoms with van der Waals surface area (Å²) in [7, 11) is 0. The van der Waals surface area contributed by atoms with Gasteiger partial charge in [0.2, 0.25) is 0 Å². The average Bonchev–Trinajstić information content (AvgIpc) is 3.16. The lowest BCUT2D eigenvalue weighted by Gasteiger charge is -2.21. The van der Waals surface area contributed by atoms with Gasteiger partial charge in [0.1, 0.15) is 4.88 Å². The summed E-state index contributed by atoms with van der Waals surface area (Å²) in [5.41, 5.74) is 0.766. The summed E-state index contributed by atoms with van der Waals surface area (Å²) in [5, 5.41) is 10.3. The zero-order valence-corrected chi connectivity index (χ0v) is 13.4. The van der Waals surface area contributed by atoms with E-state index in [0.717, 1.165) is 36.6 Å². The van der Waals surface area contributed by atoms with E-state index in [9.17, 15) is 9.90 Å². The second kappa shape index (κ2) is 6.57. The average molecular weight is 296 g/mol. The molecule has 4 nitrogen and oxygen atoms in total. The summed E-state index contributed by atoms with van der Waals surface area (Å²) in [4.78, 5) is 18.9. The number of hydrogen-bond acceptors (Lipinski definition) is 4. The number of aromatic carboxylic acids is 1. The maximum absolute atomic E-state index is 11.4. The molecule has 1 aromatic heterocycles. The molecule has 20 heavy (non-hydrogen) atoms. The van der Waals surface area contributed by atoms with Crippen LogP contribution in [0.5, 0.6) is 0 Å². The van der Waals surface area contributed by atoms with E-state index in [1.165, 1.54) is 24.2 Å². The van der Waals surface area contributed by atoms with Gasteiger partial charge in [0.05, 0.1) is 5.69 Å². The minimum atomic E-state index is -0.838. The number of carboxylic acid groups (broad SMARTS) is 1. The summed E-state index contributed by atoms with van der Waals surface area (Å²) in [5.74, 6) is -0.631. The SMILES string of the molecule is CCCCN(c1nc(C(C)CC)c(C(=O)O)s1)C1CC1. The molecule has 0 aromatic carbocycles. The van der Waals surface area contributed by atoms with Gasteiger partial charge in [0.25, 0.3) is 0 Å². The van der Waals surface area contributed by atoms with Crippen molar-refractivity contribution in [2.45, 2.75) is 64.8 Å². The molecule has 112 valence electrons. The van der Waals surface area contributed by atoms with Gasteiger partial charge < -0.3 is 10.0 Å². The Morgan fingerprint density at radius 3 is 2.70 bits per heavy atom. The minimum Gasteiger partial charge on any atom is -0.477 e. The van der Waals surface area contributed by atoms with E-state index in [1.54, 1.807) is 0 Å². The summed E-state index contributed by atoms with van der Waals surface area (Å²) in [6, 6.07) is 0.583. The Kier molecular flexibility index (Phi) is 5.02. The number of carbonyl (C=O) groups is 1. The van der Waals surface area contributed by atoms with Crippen molar-refractivity contribution in [3.63, 3.8) is 0 Å². The van der Waals surface area contributed by atoms with Crippen LogP contribution >= 0.6 is 11.3 Å². The van der Waals surface area contributed by atoms with E-state index in [-0.39, 0.29) is 5.92 Å². The first-order valence-corrected chi connectivity index (χ1v) is 8.40. The maximum Gasteiger partial charge on any atom is 0.347 e. The van der Waals surface area contributed by atoms with Crippen molar-refractivity contribution in [3.8, 4) is 0 Å². The molecule has 0 aliphatic heterocycles. The van der Waals surface area contributed by atoms with Crippen LogP contribution in [0.2, 0.25) is 0 Å². The fourth-order valence-electron chi connectivity index (χ4n) is 2.27. The van der Waals surface area contributed by atoms with Crippen LogP contribution in [-0.2, 0) is 0 Å². The first-order chi connectivity index (χ1) is 9.58. The highest BCUT2D eigenvalue weighted by Crippen LogP contribution is 2.37. The van der Waals surface area contributed by atoms with Crippen LogP contribution in [0.15, 0.2) is 0 Å². The Balaban J connectivity index is 2.28. The molecular weight excluding hydrogens is 272 g/mol. The molecule has 1 N–H and O–H groups in total. The van der Waals surface area contributed by atoms with Crippen molar-refractivity contribution in [1.29, 1.82) is 0 Å². The standard InChI is InChI=1S/C15H24N2O2S/c1-4-6-9-17(11-7-8-11)15-16-12(10(3)5-2)13(20-15)14(18)19/h10-11H,4-9H2,1-3H3,(H,18,19). The molecular formula is C15H24N2O2S. The number of thiazole rings is 1. The molecule has 1 fully saturated rings. The van der Waals surface area contributed by atoms with E-state index in [0.29, 0.717) is 10.9 Å². The zero-order chi connectivity index (χ0) is 14.7. The van der Waals surface area contributed by atoms with E-state index >= 15 is 0 Å².